The zero-order chi connectivity index (χ0) is 32.8. The van der Waals surface area contributed by atoms with Crippen LogP contribution >= 0.6 is 23.2 Å². The van der Waals surface area contributed by atoms with E-state index in [9.17, 15) is 9.59 Å². The summed E-state index contributed by atoms with van der Waals surface area (Å²) in [5.74, 6) is 0.187. The monoisotopic (exact) mass is 650 g/mol. The van der Waals surface area contributed by atoms with Gasteiger partial charge in [0.1, 0.15) is 11.2 Å². The maximum absolute atomic E-state index is 13.4. The van der Waals surface area contributed by atoms with Gasteiger partial charge in [0, 0.05) is 30.7 Å². The maximum atomic E-state index is 13.4. The van der Waals surface area contributed by atoms with Gasteiger partial charge in [-0.3, -0.25) is 19.9 Å². The molecule has 0 aliphatic heterocycles. The SMILES string of the molecule is CC(C)(C)OC(=O)N(CCCc1ccncc1)c1cncc(-c2cncc(N(C(=O)OC(C)(C)C)c3ccc(Cl)c(Cl)c3)n2)c1. The van der Waals surface area contributed by atoms with Crippen LogP contribution < -0.4 is 9.80 Å². The smallest absolute Gasteiger partial charge is 0.420 e. The number of ether oxygens (including phenoxy) is 2. The number of carbonyl (C=O) groups excluding carboxylic acids is 2. The fourth-order valence-corrected chi connectivity index (χ4v) is 4.51. The lowest BCUT2D eigenvalue weighted by Gasteiger charge is -2.28. The molecular formula is C33H36Cl2N6O4. The van der Waals surface area contributed by atoms with Crippen LogP contribution in [-0.4, -0.2) is 49.9 Å². The molecule has 4 rings (SSSR count). The third kappa shape index (κ3) is 9.60. The van der Waals surface area contributed by atoms with E-state index >= 15 is 0 Å². The van der Waals surface area contributed by atoms with Crippen LogP contribution in [0.1, 0.15) is 53.5 Å². The van der Waals surface area contributed by atoms with Crippen molar-refractivity contribution < 1.29 is 19.1 Å². The molecule has 1 aromatic carbocycles. The summed E-state index contributed by atoms with van der Waals surface area (Å²) in [5, 5.41) is 0.595. The normalized spacial score (nSPS) is 11.6. The average Bonchev–Trinajstić information content (AvgIpc) is 2.96. The van der Waals surface area contributed by atoms with Crippen molar-refractivity contribution in [3.63, 3.8) is 0 Å². The van der Waals surface area contributed by atoms with Gasteiger partial charge in [-0.1, -0.05) is 23.2 Å². The third-order valence-corrected chi connectivity index (χ3v) is 6.87. The molecule has 236 valence electrons. The summed E-state index contributed by atoms with van der Waals surface area (Å²) in [5.41, 5.74) is 1.54. The van der Waals surface area contributed by atoms with Crippen LogP contribution in [0.5, 0.6) is 0 Å². The van der Waals surface area contributed by atoms with Gasteiger partial charge in [0.2, 0.25) is 0 Å². The van der Waals surface area contributed by atoms with Crippen molar-refractivity contribution in [3.8, 4) is 11.3 Å². The highest BCUT2D eigenvalue weighted by Gasteiger charge is 2.28. The van der Waals surface area contributed by atoms with Crippen LogP contribution in [0.25, 0.3) is 11.3 Å². The molecule has 0 spiro atoms. The van der Waals surface area contributed by atoms with E-state index in [1.807, 2.05) is 32.9 Å². The van der Waals surface area contributed by atoms with Crippen LogP contribution in [0, 0.1) is 0 Å². The number of aryl methyl sites for hydroxylation is 1. The molecule has 3 aromatic heterocycles. The number of halogens is 2. The van der Waals surface area contributed by atoms with Gasteiger partial charge in [-0.05, 0) is 96.3 Å². The van der Waals surface area contributed by atoms with Gasteiger partial charge in [-0.15, -0.1) is 0 Å². The highest BCUT2D eigenvalue weighted by Crippen LogP contribution is 2.33. The number of aromatic nitrogens is 4. The highest BCUT2D eigenvalue weighted by atomic mass is 35.5. The quantitative estimate of drug-likeness (QED) is 0.186. The van der Waals surface area contributed by atoms with Crippen molar-refractivity contribution in [2.45, 2.75) is 65.6 Å². The first kappa shape index (κ1) is 33.6. The number of anilines is 3. The Morgan fingerprint density at radius 2 is 1.42 bits per heavy atom. The largest absolute Gasteiger partial charge is 0.443 e. The van der Waals surface area contributed by atoms with E-state index in [-0.39, 0.29) is 10.8 Å². The summed E-state index contributed by atoms with van der Waals surface area (Å²) in [6.07, 6.45) is 9.95. The summed E-state index contributed by atoms with van der Waals surface area (Å²) < 4.78 is 11.4. The minimum absolute atomic E-state index is 0.187. The lowest BCUT2D eigenvalue weighted by atomic mass is 10.1. The van der Waals surface area contributed by atoms with Gasteiger partial charge in [-0.2, -0.15) is 0 Å². The Hall–Kier alpha value is -4.28. The number of amides is 2. The topological polar surface area (TPSA) is 111 Å². The number of pyridine rings is 2. The van der Waals surface area contributed by atoms with E-state index in [0.29, 0.717) is 40.6 Å². The molecule has 12 heteroatoms. The van der Waals surface area contributed by atoms with Crippen LogP contribution in [-0.2, 0) is 15.9 Å². The van der Waals surface area contributed by atoms with E-state index in [0.717, 1.165) is 12.0 Å². The first-order valence-corrected chi connectivity index (χ1v) is 15.1. The second-order valence-electron chi connectivity index (χ2n) is 12.2. The van der Waals surface area contributed by atoms with Gasteiger partial charge in [0.05, 0.1) is 45.7 Å². The maximum Gasteiger partial charge on any atom is 0.420 e. The number of benzene rings is 1. The van der Waals surface area contributed by atoms with Crippen LogP contribution in [0.2, 0.25) is 10.0 Å². The first-order chi connectivity index (χ1) is 21.2. The Bertz CT molecular complexity index is 1640. The van der Waals surface area contributed by atoms with Crippen LogP contribution in [0.4, 0.5) is 26.8 Å². The molecule has 0 fully saturated rings. The summed E-state index contributed by atoms with van der Waals surface area (Å²) in [7, 11) is 0. The second kappa shape index (κ2) is 14.2. The summed E-state index contributed by atoms with van der Waals surface area (Å²) in [4.78, 5) is 47.2. The fraction of sp³-hybridized carbons (Fsp3) is 0.333. The molecule has 4 aromatic rings. The van der Waals surface area contributed by atoms with E-state index in [2.05, 4.69) is 15.0 Å². The molecule has 0 aliphatic rings. The molecule has 2 amide bonds. The van der Waals surface area contributed by atoms with Crippen molar-refractivity contribution >= 4 is 52.6 Å². The van der Waals surface area contributed by atoms with Gasteiger partial charge in [0.15, 0.2) is 5.82 Å². The van der Waals surface area contributed by atoms with E-state index < -0.39 is 23.4 Å². The average molecular weight is 652 g/mol. The summed E-state index contributed by atoms with van der Waals surface area (Å²) >= 11 is 12.4. The highest BCUT2D eigenvalue weighted by molar-refractivity contribution is 6.42. The van der Waals surface area contributed by atoms with Gasteiger partial charge in [-0.25, -0.2) is 19.5 Å². The standard InChI is InChI=1S/C33H36Cl2N6O4/c1-32(2,3)44-30(42)40(15-7-8-22-11-13-36-14-12-22)25-16-23(18-37-19-25)28-20-38-21-29(39-28)41(31(43)45-33(4,5)6)24-9-10-26(34)27(35)17-24/h9-14,16-21H,7-8,15H2,1-6H3. The van der Waals surface area contributed by atoms with Crippen LogP contribution in [0.15, 0.2) is 73.6 Å². The fourth-order valence-electron chi connectivity index (χ4n) is 4.21. The lowest BCUT2D eigenvalue weighted by molar-refractivity contribution is 0.0574. The first-order valence-electron chi connectivity index (χ1n) is 14.4. The van der Waals surface area contributed by atoms with Crippen molar-refractivity contribution in [1.82, 2.24) is 19.9 Å². The number of carbonyl (C=O) groups is 2. The van der Waals surface area contributed by atoms with E-state index in [4.69, 9.17) is 37.7 Å². The van der Waals surface area contributed by atoms with Crippen molar-refractivity contribution in [2.24, 2.45) is 0 Å². The minimum atomic E-state index is -0.780. The van der Waals surface area contributed by atoms with E-state index in [1.54, 1.807) is 80.9 Å². The molecule has 3 heterocycles. The Morgan fingerprint density at radius 1 is 0.756 bits per heavy atom. The zero-order valence-corrected chi connectivity index (χ0v) is 27.6. The predicted molar refractivity (Wildman–Crippen MR) is 176 cm³/mol. The molecule has 0 saturated heterocycles. The molecule has 45 heavy (non-hydrogen) atoms. The van der Waals surface area contributed by atoms with Crippen molar-refractivity contribution in [3.05, 3.63) is 89.2 Å². The predicted octanol–water partition coefficient (Wildman–Crippen LogP) is 8.69. The molecule has 0 unspecified atom stereocenters. The number of hydrogen-bond donors (Lipinski definition) is 0. The number of nitrogens with zero attached hydrogens (tertiary/aromatic N) is 6. The summed E-state index contributed by atoms with van der Waals surface area (Å²) in [6, 6.07) is 10.5. The van der Waals surface area contributed by atoms with Gasteiger partial charge < -0.3 is 9.47 Å². The molecule has 0 bridgehead atoms. The zero-order valence-electron chi connectivity index (χ0n) is 26.1. The minimum Gasteiger partial charge on any atom is -0.443 e. The third-order valence-electron chi connectivity index (χ3n) is 6.13. The van der Waals surface area contributed by atoms with Crippen molar-refractivity contribution in [1.29, 1.82) is 0 Å². The lowest BCUT2D eigenvalue weighted by Crippen LogP contribution is -2.37. The number of hydrogen-bond acceptors (Lipinski definition) is 8. The second-order valence-corrected chi connectivity index (χ2v) is 13.0. The van der Waals surface area contributed by atoms with Crippen LogP contribution in [0.3, 0.4) is 0 Å². The Labute approximate surface area is 273 Å². The molecule has 0 aliphatic carbocycles. The summed E-state index contributed by atoms with van der Waals surface area (Å²) in [6.45, 7) is 11.2. The molecule has 10 nitrogen and oxygen atoms in total. The molecular weight excluding hydrogens is 615 g/mol. The Morgan fingerprint density at radius 3 is 2.09 bits per heavy atom. The Balaban J connectivity index is 1.69. The molecule has 0 atom stereocenters. The molecule has 0 N–H and O–H groups in total. The number of rotatable bonds is 8. The van der Waals surface area contributed by atoms with Gasteiger partial charge >= 0.3 is 12.2 Å². The van der Waals surface area contributed by atoms with Crippen molar-refractivity contribution in [2.75, 3.05) is 16.3 Å². The van der Waals surface area contributed by atoms with E-state index in [1.165, 1.54) is 11.1 Å². The Kier molecular flexibility index (Phi) is 10.6. The molecule has 0 radical (unpaired) electrons. The van der Waals surface area contributed by atoms with Gasteiger partial charge in [0.25, 0.3) is 0 Å². The molecule has 0 saturated carbocycles.